The number of nitrogens with two attached hydrogens (primary N) is 1. The van der Waals surface area contributed by atoms with Gasteiger partial charge in [0.25, 0.3) is 0 Å². The quantitative estimate of drug-likeness (QED) is 0.658. The first-order chi connectivity index (χ1) is 9.11. The molecular weight excluding hydrogens is 247 g/mol. The number of nitrogens with one attached hydrogen (secondary N) is 1. The third kappa shape index (κ3) is 2.82. The van der Waals surface area contributed by atoms with Gasteiger partial charge in [0.15, 0.2) is 0 Å². The Morgan fingerprint density at radius 1 is 1.21 bits per heavy atom. The maximum atomic E-state index is 13.2. The molecule has 0 atom stereocenters. The lowest BCUT2D eigenvalue weighted by Gasteiger charge is -2.12. The molecule has 0 unspecified atom stereocenters. The molecule has 4 nitrogen and oxygen atoms in total. The second kappa shape index (κ2) is 5.39. The molecule has 0 fully saturated rings. The van der Waals surface area contributed by atoms with Crippen LogP contribution in [-0.2, 0) is 4.74 Å². The molecule has 0 heterocycles. The zero-order valence-electron chi connectivity index (χ0n) is 10.3. The monoisotopic (exact) mass is 260 g/mol. The summed E-state index contributed by atoms with van der Waals surface area (Å²) in [7, 11) is 1.30. The van der Waals surface area contributed by atoms with Crippen molar-refractivity contribution >= 4 is 23.0 Å². The van der Waals surface area contributed by atoms with Gasteiger partial charge in [-0.3, -0.25) is 0 Å². The fourth-order valence-corrected chi connectivity index (χ4v) is 1.66. The highest BCUT2D eigenvalue weighted by molar-refractivity contribution is 5.96. The fraction of sp³-hybridized carbons (Fsp3) is 0.0714. The number of esters is 1. The zero-order chi connectivity index (χ0) is 13.8. The summed E-state index contributed by atoms with van der Waals surface area (Å²) in [4.78, 5) is 11.6. The van der Waals surface area contributed by atoms with Crippen LogP contribution < -0.4 is 11.1 Å². The molecule has 3 N–H and O–H groups in total. The van der Waals surface area contributed by atoms with Gasteiger partial charge >= 0.3 is 5.97 Å². The van der Waals surface area contributed by atoms with Gasteiger partial charge < -0.3 is 15.8 Å². The van der Waals surface area contributed by atoms with E-state index in [1.54, 1.807) is 24.3 Å². The molecule has 0 amide bonds. The molecule has 2 aromatic rings. The number of hydrogen-bond acceptors (Lipinski definition) is 4. The summed E-state index contributed by atoms with van der Waals surface area (Å²) >= 11 is 0. The zero-order valence-corrected chi connectivity index (χ0v) is 10.3. The molecule has 2 rings (SSSR count). The van der Waals surface area contributed by atoms with Crippen LogP contribution in [-0.4, -0.2) is 13.1 Å². The smallest absolute Gasteiger partial charge is 0.339 e. The lowest BCUT2D eigenvalue weighted by atomic mass is 10.1. The van der Waals surface area contributed by atoms with Crippen LogP contribution in [0, 0.1) is 5.82 Å². The van der Waals surface area contributed by atoms with E-state index in [4.69, 9.17) is 5.73 Å². The molecule has 98 valence electrons. The van der Waals surface area contributed by atoms with E-state index in [1.165, 1.54) is 25.3 Å². The van der Waals surface area contributed by atoms with Crippen molar-refractivity contribution in [2.45, 2.75) is 0 Å². The van der Waals surface area contributed by atoms with Crippen molar-refractivity contribution in [1.29, 1.82) is 0 Å². The maximum absolute atomic E-state index is 13.2. The highest BCUT2D eigenvalue weighted by Crippen LogP contribution is 2.26. The molecule has 0 saturated heterocycles. The van der Waals surface area contributed by atoms with Crippen LogP contribution in [0.2, 0.25) is 0 Å². The van der Waals surface area contributed by atoms with E-state index >= 15 is 0 Å². The first-order valence-corrected chi connectivity index (χ1v) is 5.61. The molecule has 0 aliphatic heterocycles. The summed E-state index contributed by atoms with van der Waals surface area (Å²) in [5, 5.41) is 2.93. The van der Waals surface area contributed by atoms with Crippen molar-refractivity contribution in [2.75, 3.05) is 18.2 Å². The van der Waals surface area contributed by atoms with Crippen molar-refractivity contribution < 1.29 is 13.9 Å². The summed E-state index contributed by atoms with van der Waals surface area (Å²) in [6.07, 6.45) is 0. The van der Waals surface area contributed by atoms with E-state index in [0.29, 0.717) is 22.6 Å². The van der Waals surface area contributed by atoms with E-state index in [-0.39, 0.29) is 0 Å². The molecule has 0 aliphatic carbocycles. The Hall–Kier alpha value is -2.56. The van der Waals surface area contributed by atoms with Gasteiger partial charge in [0, 0.05) is 0 Å². The van der Waals surface area contributed by atoms with Gasteiger partial charge in [-0.05, 0) is 30.3 Å². The molecule has 0 spiro atoms. The summed E-state index contributed by atoms with van der Waals surface area (Å²) in [6, 6.07) is 10.8. The highest BCUT2D eigenvalue weighted by Gasteiger charge is 2.12. The predicted octanol–water partition coefficient (Wildman–Crippen LogP) is 2.94. The normalized spacial score (nSPS) is 10.0. The van der Waals surface area contributed by atoms with E-state index < -0.39 is 11.8 Å². The number of hydrogen-bond donors (Lipinski definition) is 2. The highest BCUT2D eigenvalue weighted by atomic mass is 19.1. The number of methoxy groups -OCH3 is 1. The Morgan fingerprint density at radius 2 is 1.95 bits per heavy atom. The van der Waals surface area contributed by atoms with Crippen LogP contribution in [0.3, 0.4) is 0 Å². The van der Waals surface area contributed by atoms with Crippen LogP contribution in [0.4, 0.5) is 21.5 Å². The number of halogens is 1. The van der Waals surface area contributed by atoms with E-state index in [0.717, 1.165) is 0 Å². The van der Waals surface area contributed by atoms with Crippen molar-refractivity contribution in [2.24, 2.45) is 0 Å². The molecule has 0 radical (unpaired) electrons. The number of nitrogen functional groups attached to an aromatic ring is 1. The molecular formula is C14H13FN2O2. The van der Waals surface area contributed by atoms with Gasteiger partial charge in [-0.2, -0.15) is 0 Å². The molecule has 0 bridgehead atoms. The Kier molecular flexibility index (Phi) is 3.66. The van der Waals surface area contributed by atoms with E-state index in [9.17, 15) is 9.18 Å². The molecule has 0 aliphatic rings. The summed E-state index contributed by atoms with van der Waals surface area (Å²) in [5.74, 6) is -0.884. The first-order valence-electron chi connectivity index (χ1n) is 5.61. The lowest BCUT2D eigenvalue weighted by Crippen LogP contribution is -2.06. The van der Waals surface area contributed by atoms with Gasteiger partial charge in [-0.1, -0.05) is 12.1 Å². The van der Waals surface area contributed by atoms with Crippen molar-refractivity contribution in [1.82, 2.24) is 0 Å². The molecule has 19 heavy (non-hydrogen) atoms. The number of anilines is 3. The molecule has 0 aromatic heterocycles. The minimum absolute atomic E-state index is 0.355. The van der Waals surface area contributed by atoms with Crippen LogP contribution in [0.15, 0.2) is 42.5 Å². The van der Waals surface area contributed by atoms with Gasteiger partial charge in [0.1, 0.15) is 5.82 Å². The molecule has 2 aromatic carbocycles. The first kappa shape index (κ1) is 12.9. The van der Waals surface area contributed by atoms with E-state index in [1.807, 2.05) is 0 Å². The second-order valence-corrected chi connectivity index (χ2v) is 3.89. The van der Waals surface area contributed by atoms with Crippen LogP contribution in [0.1, 0.15) is 10.4 Å². The average Bonchev–Trinajstić information content (AvgIpc) is 2.42. The minimum atomic E-state index is -0.474. The topological polar surface area (TPSA) is 64.3 Å². The Balaban J connectivity index is 2.38. The minimum Gasteiger partial charge on any atom is -0.465 e. The number of para-hydroxylation sites is 1. The molecule has 5 heteroatoms. The van der Waals surface area contributed by atoms with Crippen molar-refractivity contribution in [3.05, 3.63) is 53.8 Å². The van der Waals surface area contributed by atoms with Crippen molar-refractivity contribution in [3.8, 4) is 0 Å². The number of rotatable bonds is 3. The summed E-state index contributed by atoms with van der Waals surface area (Å²) in [5.41, 5.74) is 7.40. The van der Waals surface area contributed by atoms with Gasteiger partial charge in [-0.15, -0.1) is 0 Å². The number of benzene rings is 2. The Morgan fingerprint density at radius 3 is 2.68 bits per heavy atom. The van der Waals surface area contributed by atoms with E-state index in [2.05, 4.69) is 10.1 Å². The van der Waals surface area contributed by atoms with Crippen LogP contribution in [0.5, 0.6) is 0 Å². The Bertz CT molecular complexity index is 614. The summed E-state index contributed by atoms with van der Waals surface area (Å²) in [6.45, 7) is 0. The van der Waals surface area contributed by atoms with Gasteiger partial charge in [-0.25, -0.2) is 9.18 Å². The molecule has 0 saturated carbocycles. The maximum Gasteiger partial charge on any atom is 0.339 e. The second-order valence-electron chi connectivity index (χ2n) is 3.89. The third-order valence-corrected chi connectivity index (χ3v) is 2.62. The number of carbonyl (C=O) groups excluding carboxylic acids is 1. The predicted molar refractivity (Wildman–Crippen MR) is 71.9 cm³/mol. The fourth-order valence-electron chi connectivity index (χ4n) is 1.66. The average molecular weight is 260 g/mol. The van der Waals surface area contributed by atoms with Crippen LogP contribution >= 0.6 is 0 Å². The number of ether oxygens (including phenoxy) is 1. The third-order valence-electron chi connectivity index (χ3n) is 2.62. The van der Waals surface area contributed by atoms with Crippen LogP contribution in [0.25, 0.3) is 0 Å². The SMILES string of the molecule is COC(=O)c1ccccc1Nc1cc(F)ccc1N. The van der Waals surface area contributed by atoms with Gasteiger partial charge in [0.2, 0.25) is 0 Å². The number of carbonyl (C=O) groups is 1. The standard InChI is InChI=1S/C14H13FN2O2/c1-19-14(18)10-4-2-3-5-12(10)17-13-8-9(15)6-7-11(13)16/h2-8,17H,16H2,1H3. The Labute approximate surface area is 110 Å². The lowest BCUT2D eigenvalue weighted by molar-refractivity contribution is 0.0602. The van der Waals surface area contributed by atoms with Gasteiger partial charge in [0.05, 0.1) is 29.7 Å². The van der Waals surface area contributed by atoms with Crippen molar-refractivity contribution in [3.63, 3.8) is 0 Å². The summed E-state index contributed by atoms with van der Waals surface area (Å²) < 4.78 is 17.9. The largest absolute Gasteiger partial charge is 0.465 e.